The SMILES string of the molecule is CCCC(=O)N(CCC)Cc1ncc(-c2cc3c4c(c2)CCc2cc(-c5cnc(CN(CCC)C(=O)CCC)[nH]5)cc(c2-4)CC3)[nH]1. The predicted octanol–water partition coefficient (Wildman–Crippen LogP) is 7.41. The van der Waals surface area contributed by atoms with Crippen LogP contribution in [-0.4, -0.2) is 54.6 Å². The van der Waals surface area contributed by atoms with Crippen LogP contribution in [0.2, 0.25) is 0 Å². The smallest absolute Gasteiger partial charge is 0.222 e. The number of nitrogens with zero attached hydrogens (tertiary/aromatic N) is 4. The van der Waals surface area contributed by atoms with Gasteiger partial charge in [0.15, 0.2) is 0 Å². The molecule has 8 nitrogen and oxygen atoms in total. The second-order valence-electron chi connectivity index (χ2n) is 13.0. The maximum atomic E-state index is 12.6. The van der Waals surface area contributed by atoms with Crippen molar-refractivity contribution in [2.75, 3.05) is 13.1 Å². The molecular weight excluding hydrogens is 572 g/mol. The minimum Gasteiger partial charge on any atom is -0.341 e. The van der Waals surface area contributed by atoms with Crippen molar-refractivity contribution in [3.63, 3.8) is 0 Å². The lowest BCUT2D eigenvalue weighted by atomic mass is 9.74. The fraction of sp³-hybridized carbons (Fsp3) is 0.474. The zero-order valence-electron chi connectivity index (χ0n) is 28.0. The molecule has 46 heavy (non-hydrogen) atoms. The standard InChI is InChI=1S/C38H48N6O2/c1-5-9-35(45)43(15-7-3)23-33-39-21-31(41-33)29-17-25-11-13-27-19-30(20-28-14-12-26(18-29)37(25)38(27)28)32-22-40-34(42-32)24-44(16-8-4)36(46)10-6-2/h17-22H,5-16,23-24H2,1-4H3,(H,39,41)(H,40,42). The fourth-order valence-electron chi connectivity index (χ4n) is 7.22. The molecule has 0 saturated carbocycles. The Balaban J connectivity index is 1.23. The predicted molar refractivity (Wildman–Crippen MR) is 183 cm³/mol. The number of aromatic amines is 2. The zero-order valence-corrected chi connectivity index (χ0v) is 28.0. The van der Waals surface area contributed by atoms with E-state index in [-0.39, 0.29) is 11.8 Å². The summed E-state index contributed by atoms with van der Waals surface area (Å²) in [5.74, 6) is 2.08. The van der Waals surface area contributed by atoms with E-state index in [1.807, 2.05) is 36.0 Å². The molecule has 6 rings (SSSR count). The molecule has 0 unspecified atom stereocenters. The second-order valence-corrected chi connectivity index (χ2v) is 13.0. The summed E-state index contributed by atoms with van der Waals surface area (Å²) >= 11 is 0. The third-order valence-electron chi connectivity index (χ3n) is 9.36. The largest absolute Gasteiger partial charge is 0.341 e. The molecule has 0 atom stereocenters. The molecule has 2 aromatic carbocycles. The monoisotopic (exact) mass is 620 g/mol. The number of aryl methyl sites for hydroxylation is 4. The van der Waals surface area contributed by atoms with Gasteiger partial charge in [-0.25, -0.2) is 9.97 Å². The summed E-state index contributed by atoms with van der Waals surface area (Å²) in [4.78, 5) is 45.5. The molecule has 2 N–H and O–H groups in total. The number of H-pyrrole nitrogens is 2. The molecule has 0 spiro atoms. The molecule has 2 aromatic heterocycles. The summed E-state index contributed by atoms with van der Waals surface area (Å²) in [5.41, 5.74) is 12.9. The minimum atomic E-state index is 0.198. The molecule has 2 amide bonds. The van der Waals surface area contributed by atoms with Crippen LogP contribution in [0.1, 0.15) is 100 Å². The van der Waals surface area contributed by atoms with E-state index in [1.54, 1.807) is 0 Å². The van der Waals surface area contributed by atoms with Gasteiger partial charge in [0.25, 0.3) is 0 Å². The first kappa shape index (κ1) is 31.8. The van der Waals surface area contributed by atoms with Gasteiger partial charge in [0, 0.05) is 37.1 Å². The summed E-state index contributed by atoms with van der Waals surface area (Å²) < 4.78 is 0. The highest BCUT2D eigenvalue weighted by Crippen LogP contribution is 2.45. The number of carbonyl (C=O) groups is 2. The van der Waals surface area contributed by atoms with Crippen LogP contribution in [0.5, 0.6) is 0 Å². The van der Waals surface area contributed by atoms with Gasteiger partial charge in [0.05, 0.1) is 36.9 Å². The first-order valence-electron chi connectivity index (χ1n) is 17.4. The molecule has 2 aliphatic carbocycles. The van der Waals surface area contributed by atoms with Crippen molar-refractivity contribution < 1.29 is 9.59 Å². The van der Waals surface area contributed by atoms with E-state index in [0.29, 0.717) is 25.9 Å². The van der Waals surface area contributed by atoms with Crippen LogP contribution in [0, 0.1) is 0 Å². The number of nitrogens with one attached hydrogen (secondary N) is 2. The van der Waals surface area contributed by atoms with E-state index in [9.17, 15) is 9.59 Å². The third-order valence-corrected chi connectivity index (χ3v) is 9.36. The van der Waals surface area contributed by atoms with E-state index in [4.69, 9.17) is 0 Å². The first-order valence-corrected chi connectivity index (χ1v) is 17.4. The average molecular weight is 621 g/mol. The van der Waals surface area contributed by atoms with Crippen molar-refractivity contribution in [1.82, 2.24) is 29.7 Å². The van der Waals surface area contributed by atoms with E-state index >= 15 is 0 Å². The highest BCUT2D eigenvalue weighted by Gasteiger charge is 2.28. The van der Waals surface area contributed by atoms with Gasteiger partial charge in [-0.05, 0) is 109 Å². The van der Waals surface area contributed by atoms with Crippen LogP contribution in [-0.2, 0) is 48.4 Å². The van der Waals surface area contributed by atoms with Gasteiger partial charge >= 0.3 is 0 Å². The van der Waals surface area contributed by atoms with Crippen LogP contribution in [0.25, 0.3) is 33.6 Å². The molecule has 8 heteroatoms. The fourth-order valence-corrected chi connectivity index (χ4v) is 7.22. The maximum Gasteiger partial charge on any atom is 0.222 e. The van der Waals surface area contributed by atoms with Crippen molar-refractivity contribution in [1.29, 1.82) is 0 Å². The number of hydrogen-bond acceptors (Lipinski definition) is 4. The summed E-state index contributed by atoms with van der Waals surface area (Å²) in [6.45, 7) is 10.9. The van der Waals surface area contributed by atoms with Gasteiger partial charge in [-0.1, -0.05) is 27.7 Å². The summed E-state index contributed by atoms with van der Waals surface area (Å²) in [6, 6.07) is 9.38. The van der Waals surface area contributed by atoms with Gasteiger partial charge in [0.1, 0.15) is 11.6 Å². The molecule has 2 heterocycles. The Kier molecular flexibility index (Phi) is 9.71. The Hall–Kier alpha value is -4.20. The number of aromatic nitrogens is 4. The first-order chi connectivity index (χ1) is 22.4. The van der Waals surface area contributed by atoms with Crippen molar-refractivity contribution in [3.8, 4) is 33.6 Å². The molecule has 0 bridgehead atoms. The van der Waals surface area contributed by atoms with Crippen LogP contribution in [0.4, 0.5) is 0 Å². The molecule has 0 aliphatic heterocycles. The van der Waals surface area contributed by atoms with Crippen molar-refractivity contribution in [2.24, 2.45) is 0 Å². The Morgan fingerprint density at radius 3 is 1.30 bits per heavy atom. The zero-order chi connectivity index (χ0) is 32.2. The van der Waals surface area contributed by atoms with Crippen LogP contribution < -0.4 is 0 Å². The normalized spacial score (nSPS) is 13.0. The van der Waals surface area contributed by atoms with Crippen LogP contribution in [0.3, 0.4) is 0 Å². The number of carbonyl (C=O) groups excluding carboxylic acids is 2. The third kappa shape index (κ3) is 6.53. The average Bonchev–Trinajstić information content (AvgIpc) is 3.73. The van der Waals surface area contributed by atoms with Crippen molar-refractivity contribution >= 4 is 11.8 Å². The number of hydrogen-bond donors (Lipinski definition) is 2. The Morgan fingerprint density at radius 2 is 0.978 bits per heavy atom. The Labute approximate surface area is 273 Å². The molecular formula is C38H48N6O2. The summed E-state index contributed by atoms with van der Waals surface area (Å²) in [7, 11) is 0. The Bertz CT molecular complexity index is 1540. The number of imidazole rings is 2. The molecule has 242 valence electrons. The number of rotatable bonds is 14. The molecule has 2 aliphatic rings. The summed E-state index contributed by atoms with van der Waals surface area (Å²) in [6.07, 6.45) is 12.6. The van der Waals surface area contributed by atoms with Crippen LogP contribution >= 0.6 is 0 Å². The second kappa shape index (κ2) is 14.1. The van der Waals surface area contributed by atoms with Crippen molar-refractivity contribution in [2.45, 2.75) is 105 Å². The van der Waals surface area contributed by atoms with Gasteiger partial charge < -0.3 is 19.8 Å². The van der Waals surface area contributed by atoms with Gasteiger partial charge in [-0.3, -0.25) is 9.59 Å². The lowest BCUT2D eigenvalue weighted by Gasteiger charge is -2.30. The van der Waals surface area contributed by atoms with Gasteiger partial charge in [-0.2, -0.15) is 0 Å². The van der Waals surface area contributed by atoms with Gasteiger partial charge in [-0.15, -0.1) is 0 Å². The summed E-state index contributed by atoms with van der Waals surface area (Å²) in [5, 5.41) is 0. The quantitative estimate of drug-likeness (QED) is 0.153. The maximum absolute atomic E-state index is 12.6. The number of amides is 2. The highest BCUT2D eigenvalue weighted by atomic mass is 16.2. The molecule has 0 fully saturated rings. The van der Waals surface area contributed by atoms with E-state index < -0.39 is 0 Å². The van der Waals surface area contributed by atoms with Crippen LogP contribution in [0.15, 0.2) is 36.7 Å². The van der Waals surface area contributed by atoms with E-state index in [0.717, 1.165) is 87.5 Å². The van der Waals surface area contributed by atoms with Gasteiger partial charge in [0.2, 0.25) is 11.8 Å². The highest BCUT2D eigenvalue weighted by molar-refractivity contribution is 5.85. The van der Waals surface area contributed by atoms with E-state index in [2.05, 4.69) is 58.0 Å². The molecule has 4 aromatic rings. The Morgan fingerprint density at radius 1 is 0.609 bits per heavy atom. The topological polar surface area (TPSA) is 98.0 Å². The minimum absolute atomic E-state index is 0.198. The lowest BCUT2D eigenvalue weighted by molar-refractivity contribution is -0.132. The molecule has 0 radical (unpaired) electrons. The van der Waals surface area contributed by atoms with Crippen molar-refractivity contribution in [3.05, 3.63) is 70.6 Å². The molecule has 0 saturated heterocycles. The van der Waals surface area contributed by atoms with E-state index in [1.165, 1.54) is 44.5 Å². The number of benzene rings is 2. The lowest BCUT2D eigenvalue weighted by Crippen LogP contribution is -2.31.